The SMILES string of the molecule is Cc1cccc(NC(=O)CSc2nnc(NC(=O)c3cc4ccccc4oc3=O)s2)c1C. The molecule has 0 bridgehead atoms. The van der Waals surface area contributed by atoms with Gasteiger partial charge >= 0.3 is 5.63 Å². The lowest BCUT2D eigenvalue weighted by atomic mass is 10.1. The highest BCUT2D eigenvalue weighted by Crippen LogP contribution is 2.26. The minimum Gasteiger partial charge on any atom is -0.422 e. The Labute approximate surface area is 191 Å². The van der Waals surface area contributed by atoms with Gasteiger partial charge in [-0.25, -0.2) is 4.79 Å². The van der Waals surface area contributed by atoms with Crippen molar-refractivity contribution < 1.29 is 14.0 Å². The monoisotopic (exact) mass is 466 g/mol. The van der Waals surface area contributed by atoms with Crippen molar-refractivity contribution in [3.05, 3.63) is 75.6 Å². The van der Waals surface area contributed by atoms with Gasteiger partial charge in [-0.3, -0.25) is 14.9 Å². The van der Waals surface area contributed by atoms with Gasteiger partial charge in [0.05, 0.1) is 5.75 Å². The Balaban J connectivity index is 1.37. The van der Waals surface area contributed by atoms with E-state index in [0.717, 1.165) is 28.2 Å². The summed E-state index contributed by atoms with van der Waals surface area (Å²) in [4.78, 5) is 36.9. The molecule has 0 atom stereocenters. The summed E-state index contributed by atoms with van der Waals surface area (Å²) in [6.07, 6.45) is 0. The molecule has 0 fully saturated rings. The lowest BCUT2D eigenvalue weighted by Gasteiger charge is -2.09. The number of para-hydroxylation sites is 1. The number of aromatic nitrogens is 2. The van der Waals surface area contributed by atoms with Crippen LogP contribution in [0.5, 0.6) is 0 Å². The predicted molar refractivity (Wildman–Crippen MR) is 126 cm³/mol. The Morgan fingerprint density at radius 2 is 1.88 bits per heavy atom. The van der Waals surface area contributed by atoms with Crippen molar-refractivity contribution in [2.24, 2.45) is 0 Å². The predicted octanol–water partition coefficient (Wildman–Crippen LogP) is 4.24. The van der Waals surface area contributed by atoms with E-state index in [9.17, 15) is 14.4 Å². The Morgan fingerprint density at radius 1 is 1.06 bits per heavy atom. The second-order valence-electron chi connectivity index (χ2n) is 6.90. The molecule has 2 aromatic heterocycles. The number of benzene rings is 2. The van der Waals surface area contributed by atoms with Crippen molar-refractivity contribution in [3.63, 3.8) is 0 Å². The summed E-state index contributed by atoms with van der Waals surface area (Å²) in [5, 5.41) is 14.2. The van der Waals surface area contributed by atoms with Crippen molar-refractivity contribution in [1.82, 2.24) is 10.2 Å². The third-order valence-electron chi connectivity index (χ3n) is 4.72. The second kappa shape index (κ2) is 9.33. The minimum absolute atomic E-state index is 0.124. The number of hydrogen-bond acceptors (Lipinski definition) is 8. The van der Waals surface area contributed by atoms with E-state index in [1.807, 2.05) is 32.0 Å². The van der Waals surface area contributed by atoms with Crippen LogP contribution in [-0.2, 0) is 4.79 Å². The fourth-order valence-corrected chi connectivity index (χ4v) is 4.45. The molecule has 4 rings (SSSR count). The summed E-state index contributed by atoms with van der Waals surface area (Å²) >= 11 is 2.32. The molecule has 2 aromatic carbocycles. The topological polar surface area (TPSA) is 114 Å². The summed E-state index contributed by atoms with van der Waals surface area (Å²) in [6.45, 7) is 3.94. The number of anilines is 2. The van der Waals surface area contributed by atoms with Gasteiger partial charge in [0.25, 0.3) is 5.91 Å². The van der Waals surface area contributed by atoms with Crippen LogP contribution in [0.15, 0.2) is 62.1 Å². The zero-order chi connectivity index (χ0) is 22.7. The largest absolute Gasteiger partial charge is 0.422 e. The molecule has 32 heavy (non-hydrogen) atoms. The standard InChI is InChI=1S/C22H18N4O4S2/c1-12-6-5-8-16(13(12)2)23-18(27)11-31-22-26-25-21(32-22)24-19(28)15-10-14-7-3-4-9-17(14)30-20(15)29/h3-10H,11H2,1-2H3,(H,23,27)(H,24,25,28). The summed E-state index contributed by atoms with van der Waals surface area (Å²) in [7, 11) is 0. The average molecular weight is 467 g/mol. The first kappa shape index (κ1) is 21.7. The van der Waals surface area contributed by atoms with E-state index >= 15 is 0 Å². The van der Waals surface area contributed by atoms with Gasteiger partial charge < -0.3 is 9.73 Å². The molecular formula is C22H18N4O4S2. The van der Waals surface area contributed by atoms with Gasteiger partial charge in [-0.2, -0.15) is 0 Å². The van der Waals surface area contributed by atoms with Crippen molar-refractivity contribution in [2.75, 3.05) is 16.4 Å². The number of amides is 2. The number of carbonyl (C=O) groups is 2. The number of nitrogens with one attached hydrogen (secondary N) is 2. The molecule has 2 heterocycles. The van der Waals surface area contributed by atoms with Crippen molar-refractivity contribution in [1.29, 1.82) is 0 Å². The fourth-order valence-electron chi connectivity index (χ4n) is 2.90. The van der Waals surface area contributed by atoms with Crippen LogP contribution in [0.2, 0.25) is 0 Å². The maximum atomic E-state index is 12.5. The first-order valence-corrected chi connectivity index (χ1v) is 11.4. The Morgan fingerprint density at radius 3 is 2.72 bits per heavy atom. The first-order valence-electron chi connectivity index (χ1n) is 9.57. The third kappa shape index (κ3) is 4.87. The molecule has 8 nitrogen and oxygen atoms in total. The van der Waals surface area contributed by atoms with Crippen LogP contribution < -0.4 is 16.3 Å². The Hall–Kier alpha value is -3.50. The van der Waals surface area contributed by atoms with Gasteiger partial charge in [0, 0.05) is 11.1 Å². The fraction of sp³-hybridized carbons (Fsp3) is 0.136. The molecule has 0 saturated heterocycles. The normalized spacial score (nSPS) is 10.8. The van der Waals surface area contributed by atoms with Crippen LogP contribution in [0.1, 0.15) is 21.5 Å². The van der Waals surface area contributed by atoms with Crippen LogP contribution in [0.25, 0.3) is 11.0 Å². The van der Waals surface area contributed by atoms with Gasteiger partial charge in [0.1, 0.15) is 11.1 Å². The highest BCUT2D eigenvalue weighted by atomic mass is 32.2. The summed E-state index contributed by atoms with van der Waals surface area (Å²) in [5.41, 5.74) is 2.44. The van der Waals surface area contributed by atoms with Crippen LogP contribution in [0.3, 0.4) is 0 Å². The lowest BCUT2D eigenvalue weighted by Crippen LogP contribution is -2.20. The Kier molecular flexibility index (Phi) is 6.33. The molecule has 0 radical (unpaired) electrons. The molecule has 162 valence electrons. The molecule has 10 heteroatoms. The lowest BCUT2D eigenvalue weighted by molar-refractivity contribution is -0.113. The maximum absolute atomic E-state index is 12.5. The number of aryl methyl sites for hydroxylation is 1. The maximum Gasteiger partial charge on any atom is 0.349 e. The molecule has 2 amide bonds. The summed E-state index contributed by atoms with van der Waals surface area (Å²) < 4.78 is 5.70. The van der Waals surface area contributed by atoms with E-state index in [0.29, 0.717) is 15.3 Å². The minimum atomic E-state index is -0.733. The summed E-state index contributed by atoms with van der Waals surface area (Å²) in [5.74, 6) is -0.660. The van der Waals surface area contributed by atoms with Crippen LogP contribution in [-0.4, -0.2) is 27.8 Å². The third-order valence-corrected chi connectivity index (χ3v) is 6.69. The molecule has 4 aromatic rings. The number of nitrogens with zero attached hydrogens (tertiary/aromatic N) is 2. The van der Waals surface area contributed by atoms with Gasteiger partial charge in [-0.15, -0.1) is 10.2 Å². The van der Waals surface area contributed by atoms with Gasteiger partial charge in [0.2, 0.25) is 11.0 Å². The van der Waals surface area contributed by atoms with Crippen LogP contribution >= 0.6 is 23.1 Å². The van der Waals surface area contributed by atoms with Crippen molar-refractivity contribution in [2.45, 2.75) is 18.2 Å². The van der Waals surface area contributed by atoms with E-state index in [2.05, 4.69) is 20.8 Å². The zero-order valence-corrected chi connectivity index (χ0v) is 18.8. The first-order chi connectivity index (χ1) is 15.4. The number of hydrogen-bond donors (Lipinski definition) is 2. The second-order valence-corrected chi connectivity index (χ2v) is 9.10. The molecule has 0 aliphatic carbocycles. The zero-order valence-electron chi connectivity index (χ0n) is 17.2. The molecule has 0 unspecified atom stereocenters. The highest BCUT2D eigenvalue weighted by Gasteiger charge is 2.16. The molecule has 0 spiro atoms. The number of fused-ring (bicyclic) bond motifs is 1. The van der Waals surface area contributed by atoms with E-state index in [4.69, 9.17) is 4.42 Å². The Bertz CT molecular complexity index is 1380. The number of rotatable bonds is 6. The summed E-state index contributed by atoms with van der Waals surface area (Å²) in [6, 6.07) is 14.1. The van der Waals surface area contributed by atoms with Gasteiger partial charge in [-0.1, -0.05) is 53.4 Å². The van der Waals surface area contributed by atoms with E-state index < -0.39 is 11.5 Å². The van der Waals surface area contributed by atoms with E-state index in [1.54, 1.807) is 24.3 Å². The quantitative estimate of drug-likeness (QED) is 0.248. The van der Waals surface area contributed by atoms with Gasteiger partial charge in [0.15, 0.2) is 4.34 Å². The molecule has 0 saturated carbocycles. The van der Waals surface area contributed by atoms with Crippen LogP contribution in [0.4, 0.5) is 10.8 Å². The molecule has 0 aliphatic rings. The number of carbonyl (C=O) groups excluding carboxylic acids is 2. The average Bonchev–Trinajstić information content (AvgIpc) is 3.22. The molecule has 2 N–H and O–H groups in total. The van der Waals surface area contributed by atoms with Gasteiger partial charge in [-0.05, 0) is 43.2 Å². The highest BCUT2D eigenvalue weighted by molar-refractivity contribution is 8.01. The van der Waals surface area contributed by atoms with E-state index in [1.165, 1.54) is 17.8 Å². The van der Waals surface area contributed by atoms with E-state index in [-0.39, 0.29) is 22.4 Å². The smallest absolute Gasteiger partial charge is 0.349 e. The van der Waals surface area contributed by atoms with Crippen molar-refractivity contribution >= 4 is 56.7 Å². The molecular weight excluding hydrogens is 448 g/mol. The number of thioether (sulfide) groups is 1. The van der Waals surface area contributed by atoms with Crippen molar-refractivity contribution in [3.8, 4) is 0 Å². The molecule has 0 aliphatic heterocycles. The van der Waals surface area contributed by atoms with Crippen LogP contribution in [0, 0.1) is 13.8 Å².